The Morgan fingerprint density at radius 3 is 3.05 bits per heavy atom. The number of nitrogens with zero attached hydrogens (tertiary/aromatic N) is 2. The van der Waals surface area contributed by atoms with Crippen molar-refractivity contribution in [2.24, 2.45) is 5.73 Å². The van der Waals surface area contributed by atoms with Crippen LogP contribution in [0.4, 0.5) is 0 Å². The lowest BCUT2D eigenvalue weighted by Crippen LogP contribution is -2.19. The van der Waals surface area contributed by atoms with Gasteiger partial charge in [0.15, 0.2) is 0 Å². The Balaban J connectivity index is 2.04. The van der Waals surface area contributed by atoms with Gasteiger partial charge in [-0.15, -0.1) is 0 Å². The Bertz CT molecular complexity index is 525. The third kappa shape index (κ3) is 3.33. The highest BCUT2D eigenvalue weighted by molar-refractivity contribution is 5.28. The number of aromatic nitrogens is 2. The van der Waals surface area contributed by atoms with Crippen molar-refractivity contribution in [3.05, 3.63) is 48.0 Å². The minimum Gasteiger partial charge on any atom is -0.497 e. The molecule has 0 aliphatic rings. The highest BCUT2D eigenvalue weighted by atomic mass is 16.5. The third-order valence-corrected chi connectivity index (χ3v) is 3.10. The molecule has 1 aromatic heterocycles. The van der Waals surface area contributed by atoms with Gasteiger partial charge >= 0.3 is 0 Å². The van der Waals surface area contributed by atoms with E-state index < -0.39 is 0 Å². The first-order valence-corrected chi connectivity index (χ1v) is 6.24. The predicted molar refractivity (Wildman–Crippen MR) is 72.9 cm³/mol. The first-order valence-electron chi connectivity index (χ1n) is 6.24. The second-order valence-corrected chi connectivity index (χ2v) is 4.40. The summed E-state index contributed by atoms with van der Waals surface area (Å²) in [6.45, 7) is 0.695. The molecule has 1 heterocycles. The van der Waals surface area contributed by atoms with Gasteiger partial charge < -0.3 is 20.1 Å². The summed E-state index contributed by atoms with van der Waals surface area (Å²) in [4.78, 5) is 4.08. The van der Waals surface area contributed by atoms with Crippen molar-refractivity contribution in [2.45, 2.75) is 19.0 Å². The molecule has 0 fully saturated rings. The fourth-order valence-corrected chi connectivity index (χ4v) is 2.00. The van der Waals surface area contributed by atoms with E-state index in [1.165, 1.54) is 5.56 Å². The zero-order valence-electron chi connectivity index (χ0n) is 11.0. The minimum atomic E-state index is -0.382. The number of aliphatic hydroxyl groups is 1. The van der Waals surface area contributed by atoms with Gasteiger partial charge in [0.25, 0.3) is 0 Å². The van der Waals surface area contributed by atoms with E-state index >= 15 is 0 Å². The topological polar surface area (TPSA) is 73.3 Å². The molecule has 2 aromatic rings. The number of aliphatic hydroxyl groups excluding tert-OH is 1. The zero-order valence-corrected chi connectivity index (χ0v) is 11.0. The fraction of sp³-hybridized carbons (Fsp3) is 0.357. The molecule has 102 valence electrons. The summed E-state index contributed by atoms with van der Waals surface area (Å²) < 4.78 is 7.17. The van der Waals surface area contributed by atoms with E-state index in [0.29, 0.717) is 0 Å². The molecule has 1 unspecified atom stereocenters. The first kappa shape index (κ1) is 13.6. The van der Waals surface area contributed by atoms with Crippen LogP contribution < -0.4 is 10.5 Å². The Labute approximate surface area is 112 Å². The molecule has 0 saturated heterocycles. The number of ether oxygens (including phenoxy) is 1. The maximum atomic E-state index is 9.10. The Morgan fingerprint density at radius 2 is 2.32 bits per heavy atom. The van der Waals surface area contributed by atoms with Crippen molar-refractivity contribution in [3.8, 4) is 5.75 Å². The van der Waals surface area contributed by atoms with Crippen LogP contribution in [0.25, 0.3) is 0 Å². The van der Waals surface area contributed by atoms with Gasteiger partial charge in [-0.2, -0.15) is 0 Å². The van der Waals surface area contributed by atoms with Crippen LogP contribution in [0.1, 0.15) is 17.3 Å². The molecule has 0 amide bonds. The molecule has 0 radical (unpaired) electrons. The van der Waals surface area contributed by atoms with E-state index in [4.69, 9.17) is 15.6 Å². The van der Waals surface area contributed by atoms with Crippen molar-refractivity contribution < 1.29 is 9.84 Å². The molecule has 0 saturated carbocycles. The monoisotopic (exact) mass is 261 g/mol. The number of benzene rings is 1. The molecule has 5 nitrogen and oxygen atoms in total. The quantitative estimate of drug-likeness (QED) is 0.817. The van der Waals surface area contributed by atoms with Gasteiger partial charge in [-0.25, -0.2) is 4.98 Å². The van der Waals surface area contributed by atoms with Crippen LogP contribution in [-0.4, -0.2) is 28.4 Å². The van der Waals surface area contributed by atoms with Crippen molar-refractivity contribution in [1.82, 2.24) is 9.55 Å². The highest BCUT2D eigenvalue weighted by Gasteiger charge is 2.10. The maximum Gasteiger partial charge on any atom is 0.119 e. The van der Waals surface area contributed by atoms with Gasteiger partial charge in [0, 0.05) is 12.7 Å². The molecular weight excluding hydrogens is 242 g/mol. The summed E-state index contributed by atoms with van der Waals surface area (Å²) in [5.74, 6) is 0.857. The van der Waals surface area contributed by atoms with Gasteiger partial charge in [0.2, 0.25) is 0 Å². The van der Waals surface area contributed by atoms with Crippen molar-refractivity contribution in [1.29, 1.82) is 0 Å². The summed E-state index contributed by atoms with van der Waals surface area (Å²) in [6.07, 6.45) is 4.30. The molecule has 0 bridgehead atoms. The molecule has 5 heteroatoms. The summed E-state index contributed by atoms with van der Waals surface area (Å²) in [5, 5.41) is 9.10. The first-order chi connectivity index (χ1) is 9.24. The number of nitrogens with two attached hydrogens (primary N) is 1. The number of imidazole rings is 1. The molecule has 0 aliphatic carbocycles. The molecular formula is C14H19N3O2. The van der Waals surface area contributed by atoms with Crippen LogP contribution in [0.3, 0.4) is 0 Å². The average Bonchev–Trinajstić information content (AvgIpc) is 2.93. The number of hydrogen-bond donors (Lipinski definition) is 2. The molecule has 2 rings (SSSR count). The Morgan fingerprint density at radius 1 is 1.47 bits per heavy atom. The molecule has 1 atom stereocenters. The van der Waals surface area contributed by atoms with E-state index in [1.807, 2.05) is 22.8 Å². The van der Waals surface area contributed by atoms with Crippen LogP contribution >= 0.6 is 0 Å². The van der Waals surface area contributed by atoms with Gasteiger partial charge in [0.05, 0.1) is 31.8 Å². The molecule has 1 aromatic carbocycles. The molecule has 0 aliphatic heterocycles. The number of methoxy groups -OCH3 is 1. The largest absolute Gasteiger partial charge is 0.497 e. The van der Waals surface area contributed by atoms with Crippen molar-refractivity contribution in [2.75, 3.05) is 13.7 Å². The smallest absolute Gasteiger partial charge is 0.119 e. The SMILES string of the molecule is COc1cccc(CCn2cncc2C(N)CO)c1. The minimum absolute atomic E-state index is 0.0785. The van der Waals surface area contributed by atoms with Crippen LogP contribution in [-0.2, 0) is 13.0 Å². The standard InChI is InChI=1S/C14H19N3O2/c1-19-12-4-2-3-11(7-12)5-6-17-10-16-8-14(17)13(15)9-18/h2-4,7-8,10,13,18H,5-6,9,15H2,1H3. The van der Waals surface area contributed by atoms with Gasteiger partial charge in [-0.1, -0.05) is 12.1 Å². The van der Waals surface area contributed by atoms with Crippen LogP contribution in [0, 0.1) is 0 Å². The summed E-state index contributed by atoms with van der Waals surface area (Å²) >= 11 is 0. The number of rotatable bonds is 6. The maximum absolute atomic E-state index is 9.10. The molecule has 0 spiro atoms. The van der Waals surface area contributed by atoms with E-state index in [2.05, 4.69) is 11.1 Å². The normalized spacial score (nSPS) is 12.4. The molecule has 3 N–H and O–H groups in total. The van der Waals surface area contributed by atoms with Gasteiger partial charge in [-0.05, 0) is 24.1 Å². The second-order valence-electron chi connectivity index (χ2n) is 4.40. The lowest BCUT2D eigenvalue weighted by Gasteiger charge is -2.12. The van der Waals surface area contributed by atoms with Crippen molar-refractivity contribution >= 4 is 0 Å². The highest BCUT2D eigenvalue weighted by Crippen LogP contribution is 2.15. The van der Waals surface area contributed by atoms with Crippen molar-refractivity contribution in [3.63, 3.8) is 0 Å². The predicted octanol–water partition coefficient (Wildman–Crippen LogP) is 1.13. The van der Waals surface area contributed by atoms with Gasteiger partial charge in [0.1, 0.15) is 5.75 Å². The van der Waals surface area contributed by atoms with E-state index in [0.717, 1.165) is 24.4 Å². The fourth-order valence-electron chi connectivity index (χ4n) is 2.00. The van der Waals surface area contributed by atoms with Crippen LogP contribution in [0.2, 0.25) is 0 Å². The van der Waals surface area contributed by atoms with Crippen LogP contribution in [0.5, 0.6) is 5.75 Å². The summed E-state index contributed by atoms with van der Waals surface area (Å²) in [7, 11) is 1.66. The van der Waals surface area contributed by atoms with Gasteiger partial charge in [-0.3, -0.25) is 0 Å². The number of aryl methyl sites for hydroxylation is 2. The van der Waals surface area contributed by atoms with E-state index in [-0.39, 0.29) is 12.6 Å². The summed E-state index contributed by atoms with van der Waals surface area (Å²) in [5.41, 5.74) is 7.87. The average molecular weight is 261 g/mol. The van der Waals surface area contributed by atoms with Crippen LogP contribution in [0.15, 0.2) is 36.8 Å². The third-order valence-electron chi connectivity index (χ3n) is 3.10. The van der Waals surface area contributed by atoms with E-state index in [9.17, 15) is 0 Å². The number of hydrogen-bond acceptors (Lipinski definition) is 4. The second kappa shape index (κ2) is 6.36. The molecule has 19 heavy (non-hydrogen) atoms. The van der Waals surface area contributed by atoms with E-state index in [1.54, 1.807) is 19.6 Å². The Hall–Kier alpha value is -1.85. The zero-order chi connectivity index (χ0) is 13.7. The Kier molecular flexibility index (Phi) is 4.54. The lowest BCUT2D eigenvalue weighted by atomic mass is 10.1. The summed E-state index contributed by atoms with van der Waals surface area (Å²) in [6, 6.07) is 7.59. The lowest BCUT2D eigenvalue weighted by molar-refractivity contribution is 0.263.